The number of hydrogen-bond donors (Lipinski definition) is 7. The lowest BCUT2D eigenvalue weighted by Gasteiger charge is -2.27. The zero-order valence-corrected chi connectivity index (χ0v) is 24.4. The zero-order chi connectivity index (χ0) is 31.1. The summed E-state index contributed by atoms with van der Waals surface area (Å²) in [6.45, 7) is 8.58. The number of H-pyrrole nitrogens is 1. The Morgan fingerprint density at radius 3 is 2.02 bits per heavy atom. The van der Waals surface area contributed by atoms with E-state index in [-0.39, 0.29) is 24.7 Å². The molecule has 2 heterocycles. The predicted molar refractivity (Wildman–Crippen MR) is 154 cm³/mol. The number of fused-ring (bicyclic) bond motifs is 1. The summed E-state index contributed by atoms with van der Waals surface area (Å²) in [6.07, 6.45) is 1.21. The van der Waals surface area contributed by atoms with Crippen LogP contribution in [0.5, 0.6) is 0 Å². The first-order valence-corrected chi connectivity index (χ1v) is 14.0. The largest absolute Gasteiger partial charge is 0.481 e. The van der Waals surface area contributed by atoms with E-state index in [0.717, 1.165) is 10.9 Å². The second-order valence-corrected chi connectivity index (χ2v) is 11.4. The number of aliphatic carboxylic acids is 1. The van der Waals surface area contributed by atoms with Crippen LogP contribution in [0.4, 0.5) is 0 Å². The number of amides is 5. The maximum atomic E-state index is 13.6. The summed E-state index contributed by atoms with van der Waals surface area (Å²) in [5.41, 5.74) is 1.52. The second-order valence-electron chi connectivity index (χ2n) is 11.4. The first-order valence-electron chi connectivity index (χ1n) is 14.0. The van der Waals surface area contributed by atoms with E-state index in [9.17, 15) is 33.9 Å². The summed E-state index contributed by atoms with van der Waals surface area (Å²) in [5.74, 6) is -5.34. The lowest BCUT2D eigenvalue weighted by atomic mass is 9.98. The number of benzene rings is 1. The molecule has 1 aliphatic heterocycles. The van der Waals surface area contributed by atoms with Gasteiger partial charge >= 0.3 is 5.97 Å². The molecule has 13 heteroatoms. The monoisotopic (exact) mass is 584 g/mol. The number of carbonyl (C=O) groups is 6. The zero-order valence-electron chi connectivity index (χ0n) is 24.4. The van der Waals surface area contributed by atoms with Crippen LogP contribution in [-0.4, -0.2) is 75.8 Å². The van der Waals surface area contributed by atoms with Crippen molar-refractivity contribution < 1.29 is 33.9 Å². The molecule has 2 aromatic rings. The van der Waals surface area contributed by atoms with Crippen LogP contribution >= 0.6 is 0 Å². The molecule has 1 aliphatic rings. The molecule has 228 valence electrons. The SMILES string of the molecule is CC(C)CC1NC(=O)C(C(C)C)NC(=O)C(C)NC(=O)C(CC(=O)O)NC(=O)C(Cc2c[nH]c3ccccc23)NC1=O. The molecule has 1 fully saturated rings. The normalized spacial score (nSPS) is 24.7. The highest BCUT2D eigenvalue weighted by atomic mass is 16.4. The van der Waals surface area contributed by atoms with Gasteiger partial charge in [-0.15, -0.1) is 0 Å². The molecule has 13 nitrogen and oxygen atoms in total. The van der Waals surface area contributed by atoms with Gasteiger partial charge < -0.3 is 36.7 Å². The maximum Gasteiger partial charge on any atom is 0.305 e. The van der Waals surface area contributed by atoms with Gasteiger partial charge in [0.2, 0.25) is 29.5 Å². The van der Waals surface area contributed by atoms with Crippen molar-refractivity contribution in [3.05, 3.63) is 36.0 Å². The average Bonchev–Trinajstić information content (AvgIpc) is 3.31. The van der Waals surface area contributed by atoms with Crippen molar-refractivity contribution in [1.29, 1.82) is 0 Å². The van der Waals surface area contributed by atoms with Crippen LogP contribution in [0.15, 0.2) is 30.5 Å². The minimum atomic E-state index is -1.54. The molecule has 5 atom stereocenters. The lowest BCUT2D eigenvalue weighted by molar-refractivity contribution is -0.141. The van der Waals surface area contributed by atoms with Gasteiger partial charge in [0, 0.05) is 23.5 Å². The Balaban J connectivity index is 2.05. The smallest absolute Gasteiger partial charge is 0.305 e. The third-order valence-corrected chi connectivity index (χ3v) is 7.08. The van der Waals surface area contributed by atoms with Gasteiger partial charge in [-0.2, -0.15) is 0 Å². The van der Waals surface area contributed by atoms with E-state index in [2.05, 4.69) is 31.6 Å². The fraction of sp³-hybridized carbons (Fsp3) is 0.517. The van der Waals surface area contributed by atoms with E-state index in [1.165, 1.54) is 6.92 Å². The Bertz CT molecular complexity index is 1340. The lowest BCUT2D eigenvalue weighted by Crippen LogP contribution is -2.59. The Labute approximate surface area is 243 Å². The van der Waals surface area contributed by atoms with Crippen molar-refractivity contribution in [1.82, 2.24) is 31.6 Å². The average molecular weight is 585 g/mol. The molecule has 0 radical (unpaired) electrons. The number of hydrogen-bond acceptors (Lipinski definition) is 6. The Hall–Kier alpha value is -4.42. The number of carboxylic acids is 1. The maximum absolute atomic E-state index is 13.6. The predicted octanol–water partition coefficient (Wildman–Crippen LogP) is 0.345. The van der Waals surface area contributed by atoms with Crippen LogP contribution in [0.2, 0.25) is 0 Å². The van der Waals surface area contributed by atoms with Crippen molar-refractivity contribution >= 4 is 46.4 Å². The number of aromatic nitrogens is 1. The van der Waals surface area contributed by atoms with Crippen molar-refractivity contribution in [3.8, 4) is 0 Å². The second kappa shape index (κ2) is 14.0. The van der Waals surface area contributed by atoms with Crippen molar-refractivity contribution in [2.24, 2.45) is 11.8 Å². The number of aromatic amines is 1. The molecule has 5 unspecified atom stereocenters. The Morgan fingerprint density at radius 2 is 1.38 bits per heavy atom. The first-order chi connectivity index (χ1) is 19.8. The molecule has 1 saturated heterocycles. The summed E-state index contributed by atoms with van der Waals surface area (Å²) < 4.78 is 0. The fourth-order valence-electron chi connectivity index (χ4n) is 4.82. The first kappa shape index (κ1) is 32.1. The molecule has 3 rings (SSSR count). The van der Waals surface area contributed by atoms with Crippen molar-refractivity contribution in [2.75, 3.05) is 0 Å². The molecule has 5 amide bonds. The summed E-state index contributed by atoms with van der Waals surface area (Å²) >= 11 is 0. The highest BCUT2D eigenvalue weighted by molar-refractivity contribution is 5.99. The van der Waals surface area contributed by atoms with E-state index in [4.69, 9.17) is 0 Å². The molecular weight excluding hydrogens is 544 g/mol. The molecule has 0 aliphatic carbocycles. The number of nitrogens with one attached hydrogen (secondary N) is 6. The highest BCUT2D eigenvalue weighted by Gasteiger charge is 2.35. The fourth-order valence-corrected chi connectivity index (χ4v) is 4.82. The van der Waals surface area contributed by atoms with E-state index >= 15 is 0 Å². The quantitative estimate of drug-likeness (QED) is 0.243. The van der Waals surface area contributed by atoms with Gasteiger partial charge in [0.25, 0.3) is 0 Å². The molecule has 1 aromatic heterocycles. The van der Waals surface area contributed by atoms with Crippen LogP contribution in [0.1, 0.15) is 53.0 Å². The van der Waals surface area contributed by atoms with E-state index in [1.807, 2.05) is 38.1 Å². The van der Waals surface area contributed by atoms with Crippen molar-refractivity contribution in [3.63, 3.8) is 0 Å². The third-order valence-electron chi connectivity index (χ3n) is 7.08. The standard InChI is InChI=1S/C29H40N6O7/c1-14(2)10-20-27(40)32-21(11-17-13-30-19-9-7-6-8-18(17)19)28(41)33-22(12-23(36)37)26(39)31-16(5)25(38)35-24(15(3)4)29(42)34-20/h6-9,13-16,20-22,24,30H,10-12H2,1-5H3,(H,31,39)(H,32,40)(H,33,41)(H,34,42)(H,35,38)(H,36,37). The van der Waals surface area contributed by atoms with Gasteiger partial charge in [-0.25, -0.2) is 0 Å². The molecule has 0 spiro atoms. The van der Waals surface area contributed by atoms with E-state index in [0.29, 0.717) is 5.56 Å². The van der Waals surface area contributed by atoms with Crippen LogP contribution in [-0.2, 0) is 35.2 Å². The van der Waals surface area contributed by atoms with Gasteiger partial charge in [0.1, 0.15) is 30.2 Å². The van der Waals surface area contributed by atoms with Crippen molar-refractivity contribution in [2.45, 2.75) is 84.1 Å². The van der Waals surface area contributed by atoms with Crippen LogP contribution in [0.25, 0.3) is 10.9 Å². The number of carboxylic acid groups (broad SMARTS) is 1. The molecule has 1 aromatic carbocycles. The number of carbonyl (C=O) groups excluding carboxylic acids is 5. The van der Waals surface area contributed by atoms with E-state index in [1.54, 1.807) is 20.0 Å². The Kier molecular flexibility index (Phi) is 10.7. The highest BCUT2D eigenvalue weighted by Crippen LogP contribution is 2.20. The van der Waals surface area contributed by atoms with Gasteiger partial charge in [-0.3, -0.25) is 28.8 Å². The summed E-state index contributed by atoms with van der Waals surface area (Å²) in [7, 11) is 0. The third kappa shape index (κ3) is 8.30. The summed E-state index contributed by atoms with van der Waals surface area (Å²) in [6, 6.07) is 1.41. The minimum Gasteiger partial charge on any atom is -0.481 e. The molecule has 7 N–H and O–H groups in total. The van der Waals surface area contributed by atoms with Gasteiger partial charge in [0.05, 0.1) is 6.42 Å². The Morgan fingerprint density at radius 1 is 0.786 bits per heavy atom. The minimum absolute atomic E-state index is 0.0103. The molecule has 0 bridgehead atoms. The van der Waals surface area contributed by atoms with Gasteiger partial charge in [-0.05, 0) is 36.8 Å². The number of para-hydroxylation sites is 1. The molecule has 0 saturated carbocycles. The summed E-state index contributed by atoms with van der Waals surface area (Å²) in [4.78, 5) is 81.2. The van der Waals surface area contributed by atoms with Crippen LogP contribution < -0.4 is 26.6 Å². The number of rotatable bonds is 7. The van der Waals surface area contributed by atoms with Gasteiger partial charge in [0.15, 0.2) is 0 Å². The van der Waals surface area contributed by atoms with Crippen LogP contribution in [0.3, 0.4) is 0 Å². The molecule has 42 heavy (non-hydrogen) atoms. The van der Waals surface area contributed by atoms with Crippen LogP contribution in [0, 0.1) is 11.8 Å². The molecular formula is C29H40N6O7. The topological polar surface area (TPSA) is 199 Å². The van der Waals surface area contributed by atoms with Gasteiger partial charge in [-0.1, -0.05) is 45.9 Å². The van der Waals surface area contributed by atoms with E-state index < -0.39 is 72.1 Å². The summed E-state index contributed by atoms with van der Waals surface area (Å²) in [5, 5.41) is 23.2.